The van der Waals surface area contributed by atoms with Crippen molar-refractivity contribution in [2.24, 2.45) is 0 Å². The van der Waals surface area contributed by atoms with E-state index in [1.165, 1.54) is 18.2 Å². The van der Waals surface area contributed by atoms with Gasteiger partial charge in [0.2, 0.25) is 0 Å². The van der Waals surface area contributed by atoms with E-state index in [0.717, 1.165) is 5.56 Å². The monoisotopic (exact) mass is 248 g/mol. The number of halogens is 1. The summed E-state index contributed by atoms with van der Waals surface area (Å²) in [4.78, 5) is 11.9. The number of aromatic amines is 1. The Hall–Kier alpha value is -2.37. The highest BCUT2D eigenvalue weighted by Gasteiger charge is 2.15. The third-order valence-electron chi connectivity index (χ3n) is 2.66. The molecule has 1 amide bonds. The average molecular weight is 248 g/mol. The number of hydrogen-bond acceptors (Lipinski definition) is 3. The molecule has 1 aromatic heterocycles. The van der Waals surface area contributed by atoms with E-state index < -0.39 is 11.7 Å². The molecule has 1 heterocycles. The van der Waals surface area contributed by atoms with Crippen LogP contribution in [0.15, 0.2) is 30.6 Å². The number of hydrogen-bond donors (Lipinski definition) is 3. The van der Waals surface area contributed by atoms with Crippen LogP contribution in [0.1, 0.15) is 28.9 Å². The average Bonchev–Trinajstić information content (AvgIpc) is 2.86. The number of benzene rings is 1. The van der Waals surface area contributed by atoms with E-state index >= 15 is 0 Å². The summed E-state index contributed by atoms with van der Waals surface area (Å²) in [6.07, 6.45) is 3.29. The summed E-state index contributed by atoms with van der Waals surface area (Å²) in [7, 11) is 0. The Morgan fingerprint density at radius 3 is 3.00 bits per heavy atom. The topological polar surface area (TPSA) is 83.8 Å². The molecule has 0 spiro atoms. The fraction of sp³-hybridized carbons (Fsp3) is 0.167. The number of rotatable bonds is 3. The summed E-state index contributed by atoms with van der Waals surface area (Å²) >= 11 is 0. The second kappa shape index (κ2) is 4.87. The number of nitrogens with two attached hydrogens (primary N) is 1. The van der Waals surface area contributed by atoms with Crippen LogP contribution in [0.3, 0.4) is 0 Å². The van der Waals surface area contributed by atoms with E-state index in [1.807, 2.05) is 0 Å². The van der Waals surface area contributed by atoms with E-state index in [1.54, 1.807) is 19.3 Å². The number of nitrogen functional groups attached to an aromatic ring is 1. The van der Waals surface area contributed by atoms with Crippen molar-refractivity contribution >= 4 is 11.6 Å². The van der Waals surface area contributed by atoms with Crippen LogP contribution in [0.5, 0.6) is 0 Å². The minimum atomic E-state index is -0.599. The second-order valence-electron chi connectivity index (χ2n) is 3.93. The third kappa shape index (κ3) is 2.32. The molecule has 0 aliphatic heterocycles. The zero-order valence-corrected chi connectivity index (χ0v) is 9.77. The largest absolute Gasteiger partial charge is 0.396 e. The number of para-hydroxylation sites is 1. The Kier molecular flexibility index (Phi) is 3.27. The molecule has 0 bridgehead atoms. The maximum Gasteiger partial charge on any atom is 0.253 e. The number of amides is 1. The maximum atomic E-state index is 13.2. The highest BCUT2D eigenvalue weighted by atomic mass is 19.1. The maximum absolute atomic E-state index is 13.2. The predicted octanol–water partition coefficient (Wildman–Crippen LogP) is 1.62. The Labute approximate surface area is 103 Å². The first-order valence-electron chi connectivity index (χ1n) is 5.43. The second-order valence-corrected chi connectivity index (χ2v) is 3.93. The summed E-state index contributed by atoms with van der Waals surface area (Å²) in [5.41, 5.74) is 6.34. The summed E-state index contributed by atoms with van der Waals surface area (Å²) < 4.78 is 13.2. The molecule has 0 aliphatic carbocycles. The number of carbonyl (C=O) groups is 1. The minimum Gasteiger partial charge on any atom is -0.396 e. The first-order valence-corrected chi connectivity index (χ1v) is 5.43. The van der Waals surface area contributed by atoms with Crippen molar-refractivity contribution in [2.75, 3.05) is 5.73 Å². The van der Waals surface area contributed by atoms with E-state index in [9.17, 15) is 9.18 Å². The lowest BCUT2D eigenvalue weighted by Crippen LogP contribution is -2.27. The molecule has 2 aromatic rings. The summed E-state index contributed by atoms with van der Waals surface area (Å²) in [5.74, 6) is -1.01. The molecule has 6 heteroatoms. The smallest absolute Gasteiger partial charge is 0.253 e. The fourth-order valence-electron chi connectivity index (χ4n) is 1.59. The lowest BCUT2D eigenvalue weighted by Gasteiger charge is -2.13. The van der Waals surface area contributed by atoms with Gasteiger partial charge in [-0.2, -0.15) is 5.10 Å². The van der Waals surface area contributed by atoms with E-state index in [0.29, 0.717) is 0 Å². The quantitative estimate of drug-likeness (QED) is 0.722. The molecule has 4 N–H and O–H groups in total. The first kappa shape index (κ1) is 12.1. The highest BCUT2D eigenvalue weighted by Crippen LogP contribution is 2.17. The third-order valence-corrected chi connectivity index (χ3v) is 2.66. The van der Waals surface area contributed by atoms with Gasteiger partial charge in [-0.25, -0.2) is 4.39 Å². The lowest BCUT2D eigenvalue weighted by atomic mass is 10.1. The Morgan fingerprint density at radius 2 is 2.33 bits per heavy atom. The van der Waals surface area contributed by atoms with Gasteiger partial charge < -0.3 is 11.1 Å². The van der Waals surface area contributed by atoms with Crippen molar-refractivity contribution in [2.45, 2.75) is 13.0 Å². The summed E-state index contributed by atoms with van der Waals surface area (Å²) in [6.45, 7) is 1.80. The lowest BCUT2D eigenvalue weighted by molar-refractivity contribution is 0.0940. The van der Waals surface area contributed by atoms with Crippen LogP contribution in [0, 0.1) is 5.82 Å². The zero-order chi connectivity index (χ0) is 13.1. The minimum absolute atomic E-state index is 0.130. The molecule has 0 radical (unpaired) electrons. The molecular weight excluding hydrogens is 235 g/mol. The van der Waals surface area contributed by atoms with Crippen LogP contribution in [-0.4, -0.2) is 16.1 Å². The fourth-order valence-corrected chi connectivity index (χ4v) is 1.59. The molecule has 0 fully saturated rings. The first-order chi connectivity index (χ1) is 8.59. The standard InChI is InChI=1S/C12H13FN4O/c1-7(8-5-15-16-6-8)17-12(18)9-3-2-4-10(13)11(9)14/h2-7H,14H2,1H3,(H,15,16)(H,17,18). The Bertz CT molecular complexity index is 553. The van der Waals surface area contributed by atoms with Crippen molar-refractivity contribution in [3.8, 4) is 0 Å². The van der Waals surface area contributed by atoms with Gasteiger partial charge in [-0.3, -0.25) is 9.89 Å². The van der Waals surface area contributed by atoms with Crippen molar-refractivity contribution < 1.29 is 9.18 Å². The number of aromatic nitrogens is 2. The van der Waals surface area contributed by atoms with E-state index in [4.69, 9.17) is 5.73 Å². The van der Waals surface area contributed by atoms with Gasteiger partial charge >= 0.3 is 0 Å². The number of anilines is 1. The van der Waals surface area contributed by atoms with Crippen LogP contribution < -0.4 is 11.1 Å². The molecule has 0 saturated heterocycles. The summed E-state index contributed by atoms with van der Waals surface area (Å²) in [6, 6.07) is 3.91. The van der Waals surface area contributed by atoms with E-state index in [-0.39, 0.29) is 17.3 Å². The zero-order valence-electron chi connectivity index (χ0n) is 9.77. The number of H-pyrrole nitrogens is 1. The number of nitrogens with zero attached hydrogens (tertiary/aromatic N) is 1. The van der Waals surface area contributed by atoms with Gasteiger partial charge in [0, 0.05) is 11.8 Å². The van der Waals surface area contributed by atoms with Crippen molar-refractivity contribution in [1.82, 2.24) is 15.5 Å². The Morgan fingerprint density at radius 1 is 1.56 bits per heavy atom. The van der Waals surface area contributed by atoms with Crippen LogP contribution in [0.25, 0.3) is 0 Å². The van der Waals surface area contributed by atoms with E-state index in [2.05, 4.69) is 15.5 Å². The van der Waals surface area contributed by atoms with Gasteiger partial charge in [0.05, 0.1) is 23.5 Å². The number of nitrogens with one attached hydrogen (secondary N) is 2. The molecule has 5 nitrogen and oxygen atoms in total. The molecule has 0 aliphatic rings. The van der Waals surface area contributed by atoms with Gasteiger partial charge in [-0.15, -0.1) is 0 Å². The molecule has 1 atom stereocenters. The van der Waals surface area contributed by atoms with Gasteiger partial charge in [0.1, 0.15) is 5.82 Å². The van der Waals surface area contributed by atoms with Gasteiger partial charge in [0.15, 0.2) is 0 Å². The molecule has 94 valence electrons. The van der Waals surface area contributed by atoms with Crippen molar-refractivity contribution in [3.63, 3.8) is 0 Å². The summed E-state index contributed by atoms with van der Waals surface area (Å²) in [5, 5.41) is 9.17. The Balaban J connectivity index is 2.15. The molecule has 18 heavy (non-hydrogen) atoms. The van der Waals surface area contributed by atoms with Crippen molar-refractivity contribution in [3.05, 3.63) is 47.5 Å². The normalized spacial score (nSPS) is 12.1. The molecular formula is C12H13FN4O. The van der Waals surface area contributed by atoms with Crippen molar-refractivity contribution in [1.29, 1.82) is 0 Å². The molecule has 1 unspecified atom stereocenters. The molecule has 0 saturated carbocycles. The molecule has 2 rings (SSSR count). The molecule has 1 aromatic carbocycles. The van der Waals surface area contributed by atoms with Crippen LogP contribution in [-0.2, 0) is 0 Å². The van der Waals surface area contributed by atoms with Crippen LogP contribution in [0.4, 0.5) is 10.1 Å². The SMILES string of the molecule is CC(NC(=O)c1cccc(F)c1N)c1cn[nH]c1. The van der Waals surface area contributed by atoms with Gasteiger partial charge in [-0.05, 0) is 19.1 Å². The van der Waals surface area contributed by atoms with Crippen LogP contribution >= 0.6 is 0 Å². The highest BCUT2D eigenvalue weighted by molar-refractivity contribution is 5.99. The van der Waals surface area contributed by atoms with Crippen LogP contribution in [0.2, 0.25) is 0 Å². The van der Waals surface area contributed by atoms with Gasteiger partial charge in [-0.1, -0.05) is 6.07 Å². The van der Waals surface area contributed by atoms with Gasteiger partial charge in [0.25, 0.3) is 5.91 Å². The predicted molar refractivity (Wildman–Crippen MR) is 65.3 cm³/mol. The number of carbonyl (C=O) groups excluding carboxylic acids is 1.